The maximum atomic E-state index is 12.2. The zero-order valence-electron chi connectivity index (χ0n) is 13.6. The van der Waals surface area contributed by atoms with Crippen molar-refractivity contribution in [2.24, 2.45) is 0 Å². The number of anilines is 1. The number of rotatable bonds is 6. The van der Waals surface area contributed by atoms with Crippen LogP contribution < -0.4 is 5.32 Å². The van der Waals surface area contributed by atoms with Crippen LogP contribution in [0.25, 0.3) is 0 Å². The third-order valence-electron chi connectivity index (χ3n) is 3.92. The van der Waals surface area contributed by atoms with Crippen LogP contribution in [-0.4, -0.2) is 32.1 Å². The van der Waals surface area contributed by atoms with E-state index < -0.39 is 11.9 Å². The largest absolute Gasteiger partial charge is 0.469 e. The van der Waals surface area contributed by atoms with Crippen molar-refractivity contribution in [2.45, 2.75) is 44.9 Å². The lowest BCUT2D eigenvalue weighted by Gasteiger charge is -2.11. The first-order chi connectivity index (χ1) is 11.0. The van der Waals surface area contributed by atoms with Gasteiger partial charge in [0, 0.05) is 11.3 Å². The van der Waals surface area contributed by atoms with Crippen molar-refractivity contribution in [3.63, 3.8) is 0 Å². The van der Waals surface area contributed by atoms with Crippen LogP contribution in [0.15, 0.2) is 0 Å². The molecule has 7 heteroatoms. The molecule has 1 aromatic heterocycles. The van der Waals surface area contributed by atoms with Gasteiger partial charge in [-0.25, -0.2) is 4.79 Å². The summed E-state index contributed by atoms with van der Waals surface area (Å²) in [7, 11) is 2.62. The summed E-state index contributed by atoms with van der Waals surface area (Å²) in [5.41, 5.74) is 0.949. The molecule has 6 nitrogen and oxygen atoms in total. The van der Waals surface area contributed by atoms with E-state index in [1.807, 2.05) is 6.92 Å². The summed E-state index contributed by atoms with van der Waals surface area (Å²) in [5, 5.41) is 3.26. The van der Waals surface area contributed by atoms with Crippen LogP contribution in [0.1, 0.15) is 59.3 Å². The predicted molar refractivity (Wildman–Crippen MR) is 86.9 cm³/mol. The number of nitrogens with one attached hydrogen (secondary N) is 1. The molecule has 0 aromatic carbocycles. The molecule has 23 heavy (non-hydrogen) atoms. The third-order valence-corrected chi connectivity index (χ3v) is 5.10. The Morgan fingerprint density at radius 1 is 1.26 bits per heavy atom. The van der Waals surface area contributed by atoms with Gasteiger partial charge in [0.2, 0.25) is 5.91 Å². The van der Waals surface area contributed by atoms with E-state index in [1.165, 1.54) is 25.6 Å². The summed E-state index contributed by atoms with van der Waals surface area (Å²) in [6.45, 7) is 2.01. The Kier molecular flexibility index (Phi) is 5.76. The summed E-state index contributed by atoms with van der Waals surface area (Å²) in [4.78, 5) is 37.1. The molecule has 1 aliphatic carbocycles. The first-order valence-electron chi connectivity index (χ1n) is 7.65. The normalized spacial score (nSPS) is 15.9. The molecule has 1 aromatic rings. The molecule has 1 atom stereocenters. The van der Waals surface area contributed by atoms with E-state index in [-0.39, 0.29) is 11.9 Å². The maximum Gasteiger partial charge on any atom is 0.341 e. The van der Waals surface area contributed by atoms with Crippen molar-refractivity contribution >= 4 is 34.2 Å². The van der Waals surface area contributed by atoms with Gasteiger partial charge in [-0.3, -0.25) is 9.59 Å². The molecule has 0 radical (unpaired) electrons. The van der Waals surface area contributed by atoms with Crippen LogP contribution >= 0.6 is 11.3 Å². The number of fused-ring (bicyclic) bond motifs is 1. The van der Waals surface area contributed by atoms with E-state index in [0.29, 0.717) is 35.4 Å². The number of methoxy groups -OCH3 is 2. The lowest BCUT2D eigenvalue weighted by atomic mass is 9.99. The minimum Gasteiger partial charge on any atom is -0.469 e. The molecule has 0 saturated carbocycles. The molecule has 2 rings (SSSR count). The predicted octanol–water partition coefficient (Wildman–Crippen LogP) is 2.87. The average Bonchev–Trinajstić information content (AvgIpc) is 3.10. The summed E-state index contributed by atoms with van der Waals surface area (Å²) < 4.78 is 9.68. The van der Waals surface area contributed by atoms with Crippen LogP contribution in [0, 0.1) is 0 Å². The molecule has 1 aliphatic rings. The molecule has 0 bridgehead atoms. The Balaban J connectivity index is 2.36. The summed E-state index contributed by atoms with van der Waals surface area (Å²) >= 11 is 1.35. The molecular weight excluding hydrogens is 318 g/mol. The van der Waals surface area contributed by atoms with Crippen molar-refractivity contribution in [1.29, 1.82) is 0 Å². The number of unbranched alkanes of at least 4 members (excludes halogenated alkanes) is 1. The number of hydrogen-bond donors (Lipinski definition) is 1. The van der Waals surface area contributed by atoms with E-state index >= 15 is 0 Å². The molecule has 1 unspecified atom stereocenters. The number of thiophene rings is 1. The van der Waals surface area contributed by atoms with E-state index in [9.17, 15) is 14.4 Å². The van der Waals surface area contributed by atoms with Crippen molar-refractivity contribution < 1.29 is 23.9 Å². The lowest BCUT2D eigenvalue weighted by molar-refractivity contribution is -0.142. The fraction of sp³-hybridized carbons (Fsp3) is 0.562. The molecule has 0 aliphatic heterocycles. The van der Waals surface area contributed by atoms with Gasteiger partial charge in [0.1, 0.15) is 5.00 Å². The van der Waals surface area contributed by atoms with Gasteiger partial charge in [0.05, 0.1) is 25.7 Å². The Hall–Kier alpha value is -1.89. The SMILES string of the molecule is CCCCC(=O)Nc1sc2c(c1C(=O)OC)C(C(=O)OC)CC2. The van der Waals surface area contributed by atoms with Gasteiger partial charge in [-0.15, -0.1) is 11.3 Å². The lowest BCUT2D eigenvalue weighted by Crippen LogP contribution is -2.17. The Labute approximate surface area is 139 Å². The van der Waals surface area contributed by atoms with Crippen LogP contribution in [0.4, 0.5) is 5.00 Å². The van der Waals surface area contributed by atoms with Gasteiger partial charge >= 0.3 is 11.9 Å². The first-order valence-corrected chi connectivity index (χ1v) is 8.46. The number of esters is 2. The minimum atomic E-state index is -0.538. The second-order valence-corrected chi connectivity index (χ2v) is 6.51. The van der Waals surface area contributed by atoms with Crippen LogP contribution in [0.3, 0.4) is 0 Å². The van der Waals surface area contributed by atoms with Gasteiger partial charge in [0.25, 0.3) is 0 Å². The monoisotopic (exact) mass is 339 g/mol. The van der Waals surface area contributed by atoms with Gasteiger partial charge < -0.3 is 14.8 Å². The highest BCUT2D eigenvalue weighted by molar-refractivity contribution is 7.17. The van der Waals surface area contributed by atoms with E-state index in [4.69, 9.17) is 9.47 Å². The molecule has 1 heterocycles. The number of amides is 1. The Morgan fingerprint density at radius 2 is 2.00 bits per heavy atom. The number of ether oxygens (including phenoxy) is 2. The molecule has 0 saturated heterocycles. The zero-order chi connectivity index (χ0) is 17.0. The second kappa shape index (κ2) is 7.59. The average molecular weight is 339 g/mol. The van der Waals surface area contributed by atoms with Gasteiger partial charge in [0.15, 0.2) is 0 Å². The fourth-order valence-corrected chi connectivity index (χ4v) is 4.04. The molecule has 1 amide bonds. The summed E-state index contributed by atoms with van der Waals surface area (Å²) in [6, 6.07) is 0. The van der Waals surface area contributed by atoms with Crippen LogP contribution in [0.5, 0.6) is 0 Å². The molecule has 126 valence electrons. The van der Waals surface area contributed by atoms with E-state index in [0.717, 1.165) is 17.7 Å². The van der Waals surface area contributed by atoms with Crippen LogP contribution in [0.2, 0.25) is 0 Å². The number of hydrogen-bond acceptors (Lipinski definition) is 6. The highest BCUT2D eigenvalue weighted by Gasteiger charge is 2.38. The van der Waals surface area contributed by atoms with Gasteiger partial charge in [-0.1, -0.05) is 13.3 Å². The molecular formula is C16H21NO5S. The first kappa shape index (κ1) is 17.5. The highest BCUT2D eigenvalue weighted by Crippen LogP contribution is 2.45. The fourth-order valence-electron chi connectivity index (χ4n) is 2.76. The maximum absolute atomic E-state index is 12.2. The number of aryl methyl sites for hydroxylation is 1. The molecule has 1 N–H and O–H groups in total. The van der Waals surface area contributed by atoms with Crippen molar-refractivity contribution in [3.05, 3.63) is 16.0 Å². The standard InChI is InChI=1S/C16H21NO5S/c1-4-5-6-11(18)17-14-13(16(20)22-3)12-9(15(19)21-2)7-8-10(12)23-14/h9H,4-8H2,1-3H3,(H,17,18). The molecule has 0 fully saturated rings. The van der Waals surface area contributed by atoms with Crippen LogP contribution in [-0.2, 0) is 25.5 Å². The number of carbonyl (C=O) groups excluding carboxylic acids is 3. The zero-order valence-corrected chi connectivity index (χ0v) is 14.4. The molecule has 0 spiro atoms. The van der Waals surface area contributed by atoms with Crippen molar-refractivity contribution in [2.75, 3.05) is 19.5 Å². The van der Waals surface area contributed by atoms with E-state index in [1.54, 1.807) is 0 Å². The van der Waals surface area contributed by atoms with Gasteiger partial charge in [-0.2, -0.15) is 0 Å². The third kappa shape index (κ3) is 3.55. The van der Waals surface area contributed by atoms with Crippen molar-refractivity contribution in [1.82, 2.24) is 0 Å². The van der Waals surface area contributed by atoms with Gasteiger partial charge in [-0.05, 0) is 24.8 Å². The van der Waals surface area contributed by atoms with E-state index in [2.05, 4.69) is 5.32 Å². The Morgan fingerprint density at radius 3 is 2.61 bits per heavy atom. The topological polar surface area (TPSA) is 81.7 Å². The smallest absolute Gasteiger partial charge is 0.341 e. The highest BCUT2D eigenvalue weighted by atomic mass is 32.1. The summed E-state index contributed by atoms with van der Waals surface area (Å²) in [6.07, 6.45) is 3.41. The Bertz CT molecular complexity index is 622. The van der Waals surface area contributed by atoms with Crippen molar-refractivity contribution in [3.8, 4) is 0 Å². The quantitative estimate of drug-likeness (QED) is 0.806. The second-order valence-electron chi connectivity index (χ2n) is 5.40. The number of carbonyl (C=O) groups is 3. The minimum absolute atomic E-state index is 0.133. The summed E-state index contributed by atoms with van der Waals surface area (Å²) in [5.74, 6) is -1.51.